The molecule has 0 aliphatic heterocycles. The summed E-state index contributed by atoms with van der Waals surface area (Å²) >= 11 is 0. The molecular weight excluding hydrogens is 284 g/mol. The minimum atomic E-state index is -1.53. The molecule has 2 atom stereocenters. The fourth-order valence-electron chi connectivity index (χ4n) is 1.26. The van der Waals surface area contributed by atoms with Crippen molar-refractivity contribution < 1.29 is 9.13 Å². The average molecular weight is 311 g/mol. The van der Waals surface area contributed by atoms with Gasteiger partial charge in [-0.3, -0.25) is 4.99 Å². The highest BCUT2D eigenvalue weighted by Gasteiger charge is 2.21. The summed E-state index contributed by atoms with van der Waals surface area (Å²) in [5.74, 6) is 0.588. The van der Waals surface area contributed by atoms with E-state index in [1.807, 2.05) is 40.0 Å². The first-order valence-electron chi connectivity index (χ1n) is 6.96. The van der Waals surface area contributed by atoms with Crippen LogP contribution in [0.5, 0.6) is 5.75 Å². The number of nitrogens with zero attached hydrogens (tertiary/aromatic N) is 1. The Labute approximate surface area is 130 Å². The van der Waals surface area contributed by atoms with E-state index in [2.05, 4.69) is 18.0 Å². The van der Waals surface area contributed by atoms with Gasteiger partial charge in [-0.15, -0.1) is 0 Å². The lowest BCUT2D eigenvalue weighted by molar-refractivity contribution is 0.0450. The Morgan fingerprint density at radius 1 is 1.29 bits per heavy atom. The van der Waals surface area contributed by atoms with Crippen LogP contribution in [-0.4, -0.2) is 25.0 Å². The summed E-state index contributed by atoms with van der Waals surface area (Å²) in [6.07, 6.45) is 2.06. The van der Waals surface area contributed by atoms with Crippen LogP contribution in [0.4, 0.5) is 4.39 Å². The second-order valence-electron chi connectivity index (χ2n) is 4.86. The molecule has 1 rings (SSSR count). The molecular formula is C17H27FNOP. The molecule has 0 fully saturated rings. The number of benzene rings is 1. The molecule has 118 valence electrons. The fraction of sp³-hybridized carbons (Fsp3) is 0.471. The van der Waals surface area contributed by atoms with Gasteiger partial charge in [-0.25, -0.2) is 0 Å². The van der Waals surface area contributed by atoms with Gasteiger partial charge >= 0.3 is 0 Å². The molecule has 4 heteroatoms. The van der Waals surface area contributed by atoms with Crippen molar-refractivity contribution in [3.8, 4) is 5.75 Å². The van der Waals surface area contributed by atoms with Gasteiger partial charge in [0, 0.05) is 19.7 Å². The Hall–Kier alpha value is -1.21. The van der Waals surface area contributed by atoms with E-state index < -0.39 is 5.60 Å². The summed E-state index contributed by atoms with van der Waals surface area (Å²) in [5.41, 5.74) is 1.99. The molecule has 0 saturated carbocycles. The maximum Gasteiger partial charge on any atom is 0.259 e. The largest absolute Gasteiger partial charge is 0.455 e. The highest BCUT2D eigenvalue weighted by molar-refractivity contribution is 7.38. The summed E-state index contributed by atoms with van der Waals surface area (Å²) < 4.78 is 18.5. The molecule has 0 N–H and O–H groups in total. The standard InChI is InChI=1S/C10H14FOP.C7H13N/c1-8-4-6-9(7-5-8)12-10(2,11)13-3;1-5-6(2)7(3)8-4/h4-7,13H,1-3H3;5H,1-4H3/b;6-5-,8-7?. The van der Waals surface area contributed by atoms with Gasteiger partial charge in [0.25, 0.3) is 5.60 Å². The first-order chi connectivity index (χ1) is 9.75. The van der Waals surface area contributed by atoms with Crippen molar-refractivity contribution in [3.05, 3.63) is 41.5 Å². The van der Waals surface area contributed by atoms with Crippen LogP contribution in [0.2, 0.25) is 0 Å². The number of halogens is 1. The monoisotopic (exact) mass is 311 g/mol. The number of hydrogen-bond donors (Lipinski definition) is 0. The Morgan fingerprint density at radius 3 is 2.14 bits per heavy atom. The number of ether oxygens (including phenoxy) is 1. The number of aliphatic imine (C=N–C) groups is 1. The molecule has 0 aliphatic rings. The molecule has 0 spiro atoms. The van der Waals surface area contributed by atoms with Crippen molar-refractivity contribution in [2.75, 3.05) is 13.7 Å². The lowest BCUT2D eigenvalue weighted by Gasteiger charge is -2.20. The normalized spacial score (nSPS) is 15.4. The highest BCUT2D eigenvalue weighted by Crippen LogP contribution is 2.32. The molecule has 0 heterocycles. The molecule has 0 aromatic heterocycles. The first-order valence-corrected chi connectivity index (χ1v) is 8.46. The smallest absolute Gasteiger partial charge is 0.259 e. The van der Waals surface area contributed by atoms with Gasteiger partial charge in [0.2, 0.25) is 0 Å². The van der Waals surface area contributed by atoms with Crippen molar-refractivity contribution in [2.45, 2.75) is 40.2 Å². The van der Waals surface area contributed by atoms with Crippen LogP contribution in [0.3, 0.4) is 0 Å². The molecule has 0 bridgehead atoms. The predicted octanol–water partition coefficient (Wildman–Crippen LogP) is 5.37. The van der Waals surface area contributed by atoms with E-state index in [4.69, 9.17) is 4.74 Å². The molecule has 2 unspecified atom stereocenters. The number of hydrogen-bond acceptors (Lipinski definition) is 2. The number of allylic oxidation sites excluding steroid dienone is 2. The van der Waals surface area contributed by atoms with Crippen molar-refractivity contribution in [1.82, 2.24) is 0 Å². The maximum absolute atomic E-state index is 13.4. The molecule has 0 amide bonds. The molecule has 0 saturated heterocycles. The van der Waals surface area contributed by atoms with Gasteiger partial charge in [0.15, 0.2) is 0 Å². The number of rotatable bonds is 4. The molecule has 1 aromatic carbocycles. The molecule has 1 aromatic rings. The zero-order valence-electron chi connectivity index (χ0n) is 14.1. The van der Waals surface area contributed by atoms with Crippen LogP contribution in [0, 0.1) is 6.92 Å². The third kappa shape index (κ3) is 8.62. The van der Waals surface area contributed by atoms with E-state index in [1.165, 1.54) is 12.5 Å². The van der Waals surface area contributed by atoms with Gasteiger partial charge in [-0.2, -0.15) is 4.39 Å². The Morgan fingerprint density at radius 2 is 1.81 bits per heavy atom. The average Bonchev–Trinajstić information content (AvgIpc) is 2.48. The van der Waals surface area contributed by atoms with E-state index in [0.29, 0.717) is 5.75 Å². The second-order valence-corrected chi connectivity index (χ2v) is 6.26. The van der Waals surface area contributed by atoms with E-state index in [-0.39, 0.29) is 8.58 Å². The van der Waals surface area contributed by atoms with Gasteiger partial charge < -0.3 is 4.74 Å². The second kappa shape index (κ2) is 9.68. The summed E-state index contributed by atoms with van der Waals surface area (Å²) in [6.45, 7) is 11.3. The van der Waals surface area contributed by atoms with Crippen LogP contribution in [0.1, 0.15) is 33.3 Å². The Kier molecular flexibility index (Phi) is 9.12. The zero-order chi connectivity index (χ0) is 16.5. The van der Waals surface area contributed by atoms with E-state index in [0.717, 1.165) is 11.3 Å². The lowest BCUT2D eigenvalue weighted by atomic mass is 10.2. The van der Waals surface area contributed by atoms with Crippen molar-refractivity contribution >= 4 is 14.3 Å². The van der Waals surface area contributed by atoms with E-state index in [1.54, 1.807) is 18.8 Å². The summed E-state index contributed by atoms with van der Waals surface area (Å²) in [4.78, 5) is 4.01. The molecule has 0 radical (unpaired) electrons. The third-order valence-electron chi connectivity index (χ3n) is 3.12. The predicted molar refractivity (Wildman–Crippen MR) is 94.0 cm³/mol. The van der Waals surface area contributed by atoms with Gasteiger partial charge in [0.1, 0.15) is 5.75 Å². The summed E-state index contributed by atoms with van der Waals surface area (Å²) in [6, 6.07) is 7.38. The molecule has 0 aliphatic carbocycles. The molecule has 2 nitrogen and oxygen atoms in total. The van der Waals surface area contributed by atoms with Gasteiger partial charge in [-0.1, -0.05) is 23.8 Å². The lowest BCUT2D eigenvalue weighted by Crippen LogP contribution is -2.19. The van der Waals surface area contributed by atoms with Crippen LogP contribution >= 0.6 is 8.58 Å². The van der Waals surface area contributed by atoms with Gasteiger partial charge in [0.05, 0.1) is 0 Å². The minimum Gasteiger partial charge on any atom is -0.455 e. The number of alkyl halides is 1. The fourth-order valence-corrected chi connectivity index (χ4v) is 1.48. The van der Waals surface area contributed by atoms with Crippen LogP contribution in [0.25, 0.3) is 0 Å². The minimum absolute atomic E-state index is 0.118. The van der Waals surface area contributed by atoms with Crippen LogP contribution in [0.15, 0.2) is 40.9 Å². The Bertz CT molecular complexity index is 462. The quantitative estimate of drug-likeness (QED) is 0.541. The zero-order valence-corrected chi connectivity index (χ0v) is 15.1. The van der Waals surface area contributed by atoms with Crippen molar-refractivity contribution in [3.63, 3.8) is 0 Å². The Balaban J connectivity index is 0.000000433. The van der Waals surface area contributed by atoms with Crippen molar-refractivity contribution in [2.24, 2.45) is 4.99 Å². The number of aryl methyl sites for hydroxylation is 1. The first kappa shape index (κ1) is 19.8. The molecule has 21 heavy (non-hydrogen) atoms. The SMILES string of the molecule is C/C=C(/C)C(C)=NC.CPC(C)(F)Oc1ccc(C)cc1. The van der Waals surface area contributed by atoms with Crippen molar-refractivity contribution in [1.29, 1.82) is 0 Å². The van der Waals surface area contributed by atoms with Gasteiger partial charge in [-0.05, 0) is 60.6 Å². The topological polar surface area (TPSA) is 21.6 Å². The highest BCUT2D eigenvalue weighted by atomic mass is 31.1. The summed E-state index contributed by atoms with van der Waals surface area (Å²) in [7, 11) is 1.93. The third-order valence-corrected chi connectivity index (χ3v) is 4.11. The van der Waals surface area contributed by atoms with Crippen LogP contribution in [-0.2, 0) is 0 Å². The van der Waals surface area contributed by atoms with Crippen LogP contribution < -0.4 is 4.74 Å². The summed E-state index contributed by atoms with van der Waals surface area (Å²) in [5, 5.41) is 0. The van der Waals surface area contributed by atoms with E-state index >= 15 is 0 Å². The van der Waals surface area contributed by atoms with E-state index in [9.17, 15) is 4.39 Å². The maximum atomic E-state index is 13.4.